The maximum absolute atomic E-state index is 12.3. The molecule has 0 N–H and O–H groups in total. The van der Waals surface area contributed by atoms with E-state index in [-0.39, 0.29) is 12.1 Å². The van der Waals surface area contributed by atoms with Crippen LogP contribution < -0.4 is 0 Å². The van der Waals surface area contributed by atoms with Gasteiger partial charge in [-0.05, 0) is 69.5 Å². The molecule has 0 bridgehead atoms. The number of likely N-dealkylation sites (tertiary alicyclic amines) is 1. The summed E-state index contributed by atoms with van der Waals surface area (Å²) in [6.07, 6.45) is 3.54. The zero-order valence-corrected chi connectivity index (χ0v) is 19.7. The maximum Gasteiger partial charge on any atom is 0.410 e. The number of benzene rings is 1. The van der Waals surface area contributed by atoms with E-state index < -0.39 is 5.60 Å². The molecule has 3 heterocycles. The van der Waals surface area contributed by atoms with Crippen molar-refractivity contribution < 1.29 is 19.1 Å². The predicted molar refractivity (Wildman–Crippen MR) is 126 cm³/mol. The zero-order valence-electron chi connectivity index (χ0n) is 19.7. The first-order chi connectivity index (χ1) is 15.7. The number of nitrogens with zero attached hydrogens (tertiary/aromatic N) is 3. The zero-order chi connectivity index (χ0) is 23.6. The summed E-state index contributed by atoms with van der Waals surface area (Å²) in [5, 5.41) is 1.09. The van der Waals surface area contributed by atoms with Gasteiger partial charge in [-0.3, -0.25) is 0 Å². The van der Waals surface area contributed by atoms with Gasteiger partial charge in [-0.1, -0.05) is 12.1 Å². The molecule has 0 unspecified atom stereocenters. The Bertz CT molecular complexity index is 1140. The van der Waals surface area contributed by atoms with E-state index in [4.69, 9.17) is 14.5 Å². The number of ether oxygens (including phenoxy) is 2. The molecule has 7 nitrogen and oxygen atoms in total. The van der Waals surface area contributed by atoms with Crippen LogP contribution in [0.3, 0.4) is 0 Å². The number of esters is 1. The second-order valence-corrected chi connectivity index (χ2v) is 9.52. The van der Waals surface area contributed by atoms with E-state index in [1.54, 1.807) is 17.0 Å². The first-order valence-corrected chi connectivity index (χ1v) is 11.3. The van der Waals surface area contributed by atoms with Gasteiger partial charge in [0.15, 0.2) is 0 Å². The fraction of sp³-hybridized carbons (Fsp3) is 0.423. The van der Waals surface area contributed by atoms with Gasteiger partial charge in [0, 0.05) is 42.8 Å². The topological polar surface area (TPSA) is 73.7 Å². The second kappa shape index (κ2) is 9.25. The fourth-order valence-corrected chi connectivity index (χ4v) is 4.17. The Morgan fingerprint density at radius 3 is 2.36 bits per heavy atom. The minimum absolute atomic E-state index is 0.239. The summed E-state index contributed by atoms with van der Waals surface area (Å²) < 4.78 is 12.4. The van der Waals surface area contributed by atoms with Crippen molar-refractivity contribution in [2.45, 2.75) is 51.7 Å². The van der Waals surface area contributed by atoms with Crippen LogP contribution in [0.4, 0.5) is 4.79 Å². The van der Waals surface area contributed by atoms with Crippen molar-refractivity contribution in [1.82, 2.24) is 14.5 Å². The van der Waals surface area contributed by atoms with Crippen LogP contribution in [0.5, 0.6) is 0 Å². The van der Waals surface area contributed by atoms with Crippen LogP contribution in [0.15, 0.2) is 48.7 Å². The Labute approximate surface area is 194 Å². The Balaban J connectivity index is 1.45. The van der Waals surface area contributed by atoms with Gasteiger partial charge in [0.25, 0.3) is 0 Å². The van der Waals surface area contributed by atoms with Crippen molar-refractivity contribution in [2.24, 2.45) is 0 Å². The minimum Gasteiger partial charge on any atom is -0.465 e. The number of carbonyl (C=O) groups excluding carboxylic acids is 2. The number of fused-ring (bicyclic) bond motifs is 1. The number of pyridine rings is 1. The summed E-state index contributed by atoms with van der Waals surface area (Å²) >= 11 is 0. The van der Waals surface area contributed by atoms with E-state index in [1.165, 1.54) is 7.11 Å². The lowest BCUT2D eigenvalue weighted by Gasteiger charge is -2.33. The molecule has 4 rings (SSSR count). The van der Waals surface area contributed by atoms with Gasteiger partial charge in [-0.15, -0.1) is 0 Å². The van der Waals surface area contributed by atoms with E-state index in [0.717, 1.165) is 35.1 Å². The van der Waals surface area contributed by atoms with Gasteiger partial charge >= 0.3 is 12.1 Å². The van der Waals surface area contributed by atoms with Gasteiger partial charge in [-0.25, -0.2) is 14.6 Å². The first kappa shape index (κ1) is 22.8. The summed E-state index contributed by atoms with van der Waals surface area (Å²) in [5.74, 6) is -0.0206. The molecule has 1 aliphatic rings. The molecule has 2 aromatic heterocycles. The van der Waals surface area contributed by atoms with Crippen molar-refractivity contribution in [1.29, 1.82) is 0 Å². The van der Waals surface area contributed by atoms with Crippen molar-refractivity contribution in [3.05, 3.63) is 65.5 Å². The van der Waals surface area contributed by atoms with E-state index in [0.29, 0.717) is 31.1 Å². The average molecular weight is 450 g/mol. The molecule has 1 saturated heterocycles. The van der Waals surface area contributed by atoms with Crippen LogP contribution in [0.1, 0.15) is 61.1 Å². The number of hydrogen-bond donors (Lipinski definition) is 0. The lowest BCUT2D eigenvalue weighted by atomic mass is 9.93. The van der Waals surface area contributed by atoms with Crippen LogP contribution in [0.2, 0.25) is 0 Å². The Morgan fingerprint density at radius 1 is 1.03 bits per heavy atom. The van der Waals surface area contributed by atoms with Gasteiger partial charge in [0.1, 0.15) is 11.2 Å². The van der Waals surface area contributed by atoms with Crippen LogP contribution in [-0.2, 0) is 16.0 Å². The Kier molecular flexibility index (Phi) is 6.40. The minimum atomic E-state index is -0.481. The quantitative estimate of drug-likeness (QED) is 0.525. The number of aromatic nitrogens is 2. The van der Waals surface area contributed by atoms with E-state index in [1.807, 2.05) is 39.1 Å². The van der Waals surface area contributed by atoms with Gasteiger partial charge < -0.3 is 18.9 Å². The number of carbonyl (C=O) groups is 2. The third kappa shape index (κ3) is 5.35. The van der Waals surface area contributed by atoms with E-state index in [9.17, 15) is 9.59 Å². The van der Waals surface area contributed by atoms with Gasteiger partial charge in [-0.2, -0.15) is 0 Å². The molecule has 0 spiro atoms. The Morgan fingerprint density at radius 2 is 1.73 bits per heavy atom. The molecular formula is C26H31N3O4. The smallest absolute Gasteiger partial charge is 0.410 e. The van der Waals surface area contributed by atoms with Crippen molar-refractivity contribution >= 4 is 23.1 Å². The normalized spacial score (nSPS) is 15.0. The third-order valence-electron chi connectivity index (χ3n) is 5.93. The standard InChI is InChI=1S/C26H31N3O4/c1-26(2,3)33-25(31)28-14-11-19(12-15-28)22-10-9-20-13-16-29(23(20)27-22)17-18-5-7-21(8-6-18)24(30)32-4/h5-10,13,16,19H,11-12,14-15,17H2,1-4H3. The number of rotatable bonds is 4. The summed E-state index contributed by atoms with van der Waals surface area (Å²) in [7, 11) is 1.38. The van der Waals surface area contributed by atoms with Crippen LogP contribution in [0.25, 0.3) is 11.0 Å². The monoisotopic (exact) mass is 449 g/mol. The Hall–Kier alpha value is -3.35. The van der Waals surface area contributed by atoms with E-state index in [2.05, 4.69) is 22.8 Å². The summed E-state index contributed by atoms with van der Waals surface area (Å²) in [6, 6.07) is 13.7. The molecule has 0 radical (unpaired) electrons. The average Bonchev–Trinajstić information content (AvgIpc) is 3.20. The fourth-order valence-electron chi connectivity index (χ4n) is 4.17. The van der Waals surface area contributed by atoms with Gasteiger partial charge in [0.2, 0.25) is 0 Å². The molecule has 1 aliphatic heterocycles. The SMILES string of the molecule is COC(=O)c1ccc(Cn2ccc3ccc(C4CCN(C(=O)OC(C)(C)C)CC4)nc32)cc1. The van der Waals surface area contributed by atoms with E-state index >= 15 is 0 Å². The van der Waals surface area contributed by atoms with Gasteiger partial charge in [0.05, 0.1) is 12.7 Å². The number of methoxy groups -OCH3 is 1. The summed E-state index contributed by atoms with van der Waals surface area (Å²) in [4.78, 5) is 30.8. The second-order valence-electron chi connectivity index (χ2n) is 9.52. The molecule has 1 aromatic carbocycles. The molecular weight excluding hydrogens is 418 g/mol. The molecule has 1 fully saturated rings. The van der Waals surface area contributed by atoms with Crippen LogP contribution in [0, 0.1) is 0 Å². The largest absolute Gasteiger partial charge is 0.465 e. The molecule has 33 heavy (non-hydrogen) atoms. The molecule has 174 valence electrons. The van der Waals surface area contributed by atoms with Crippen LogP contribution in [-0.4, -0.2) is 52.3 Å². The number of amides is 1. The molecule has 1 amide bonds. The molecule has 7 heteroatoms. The lowest BCUT2D eigenvalue weighted by Crippen LogP contribution is -2.41. The highest BCUT2D eigenvalue weighted by atomic mass is 16.6. The highest BCUT2D eigenvalue weighted by Gasteiger charge is 2.28. The summed E-state index contributed by atoms with van der Waals surface area (Å²) in [6.45, 7) is 7.68. The third-order valence-corrected chi connectivity index (χ3v) is 5.93. The van der Waals surface area contributed by atoms with Crippen molar-refractivity contribution in [3.63, 3.8) is 0 Å². The maximum atomic E-state index is 12.3. The highest BCUT2D eigenvalue weighted by molar-refractivity contribution is 5.89. The molecule has 3 aromatic rings. The predicted octanol–water partition coefficient (Wildman–Crippen LogP) is 4.99. The molecule has 0 saturated carbocycles. The van der Waals surface area contributed by atoms with Crippen LogP contribution >= 0.6 is 0 Å². The first-order valence-electron chi connectivity index (χ1n) is 11.3. The number of piperidine rings is 1. The lowest BCUT2D eigenvalue weighted by molar-refractivity contribution is 0.0204. The van der Waals surface area contributed by atoms with Crippen molar-refractivity contribution in [2.75, 3.05) is 20.2 Å². The summed E-state index contributed by atoms with van der Waals surface area (Å²) in [5.41, 5.74) is 3.15. The molecule has 0 atom stereocenters. The highest BCUT2D eigenvalue weighted by Crippen LogP contribution is 2.29. The molecule has 0 aliphatic carbocycles. The van der Waals surface area contributed by atoms with Crippen molar-refractivity contribution in [3.8, 4) is 0 Å². The number of hydrogen-bond acceptors (Lipinski definition) is 5.